The van der Waals surface area contributed by atoms with Crippen molar-refractivity contribution in [1.82, 2.24) is 20.4 Å². The molecule has 106 valence electrons. The van der Waals surface area contributed by atoms with Gasteiger partial charge in [0.1, 0.15) is 0 Å². The van der Waals surface area contributed by atoms with E-state index in [0.717, 1.165) is 18.5 Å². The lowest BCUT2D eigenvalue weighted by Crippen LogP contribution is -2.30. The Balaban J connectivity index is 2.08. The lowest BCUT2D eigenvalue weighted by Gasteiger charge is -2.21. The number of carbonyl (C=O) groups excluding carboxylic acids is 1. The fourth-order valence-corrected chi connectivity index (χ4v) is 2.01. The molecule has 1 aromatic carbocycles. The van der Waals surface area contributed by atoms with Crippen LogP contribution in [0.15, 0.2) is 42.7 Å². The predicted octanol–water partition coefficient (Wildman–Crippen LogP) is 1.83. The zero-order valence-electron chi connectivity index (χ0n) is 11.8. The zero-order chi connectivity index (χ0) is 14.4. The van der Waals surface area contributed by atoms with Crippen molar-refractivity contribution < 1.29 is 4.79 Å². The molecule has 0 bridgehead atoms. The molecule has 0 fully saturated rings. The molecular weight excluding hydrogens is 252 g/mol. The fraction of sp³-hybridized carbons (Fsp3) is 0.333. The molecule has 20 heavy (non-hydrogen) atoms. The van der Waals surface area contributed by atoms with Crippen molar-refractivity contribution in [1.29, 1.82) is 0 Å². The average Bonchev–Trinajstić information content (AvgIpc) is 2.98. The van der Waals surface area contributed by atoms with Crippen LogP contribution in [0.2, 0.25) is 0 Å². The number of hydrogen-bond donors (Lipinski definition) is 2. The van der Waals surface area contributed by atoms with Crippen LogP contribution in [0.25, 0.3) is 0 Å². The highest BCUT2D eigenvalue weighted by molar-refractivity contribution is 5.93. The molecule has 1 atom stereocenters. The minimum atomic E-state index is -0.105. The number of rotatable bonds is 6. The minimum absolute atomic E-state index is 0.000926. The maximum absolute atomic E-state index is 12.1. The van der Waals surface area contributed by atoms with Gasteiger partial charge in [-0.2, -0.15) is 5.10 Å². The van der Waals surface area contributed by atoms with Gasteiger partial charge in [-0.15, -0.1) is 0 Å². The number of aromatic nitrogens is 2. The Kier molecular flexibility index (Phi) is 4.90. The summed E-state index contributed by atoms with van der Waals surface area (Å²) in [7, 11) is 4.06. The van der Waals surface area contributed by atoms with E-state index in [9.17, 15) is 4.79 Å². The number of nitrogens with one attached hydrogen (secondary N) is 2. The van der Waals surface area contributed by atoms with E-state index in [0.29, 0.717) is 5.56 Å². The fourth-order valence-electron chi connectivity index (χ4n) is 2.01. The molecule has 2 aromatic rings. The topological polar surface area (TPSA) is 61.0 Å². The molecule has 1 amide bonds. The van der Waals surface area contributed by atoms with E-state index in [1.807, 2.05) is 44.4 Å². The van der Waals surface area contributed by atoms with Crippen molar-refractivity contribution in [3.8, 4) is 0 Å². The molecule has 0 radical (unpaired) electrons. The Morgan fingerprint density at radius 2 is 2.10 bits per heavy atom. The quantitative estimate of drug-likeness (QED) is 0.843. The van der Waals surface area contributed by atoms with Gasteiger partial charge in [0.2, 0.25) is 0 Å². The van der Waals surface area contributed by atoms with Gasteiger partial charge in [-0.25, -0.2) is 0 Å². The highest BCUT2D eigenvalue weighted by Crippen LogP contribution is 2.17. The molecule has 0 saturated carbocycles. The Hall–Kier alpha value is -2.14. The summed E-state index contributed by atoms with van der Waals surface area (Å²) in [6.07, 6.45) is 3.99. The second kappa shape index (κ2) is 6.86. The van der Waals surface area contributed by atoms with Gasteiger partial charge in [0.15, 0.2) is 0 Å². The Morgan fingerprint density at radius 3 is 2.70 bits per heavy atom. The summed E-state index contributed by atoms with van der Waals surface area (Å²) in [5.74, 6) is -0.105. The number of nitrogens with zero attached hydrogens (tertiary/aromatic N) is 2. The van der Waals surface area contributed by atoms with Crippen LogP contribution in [0.3, 0.4) is 0 Å². The molecule has 1 heterocycles. The first-order chi connectivity index (χ1) is 9.66. The molecule has 5 heteroatoms. The van der Waals surface area contributed by atoms with E-state index in [1.165, 1.54) is 6.20 Å². The van der Waals surface area contributed by atoms with Crippen LogP contribution in [0.4, 0.5) is 0 Å². The van der Waals surface area contributed by atoms with Gasteiger partial charge in [-0.3, -0.25) is 9.89 Å². The van der Waals surface area contributed by atoms with Gasteiger partial charge in [-0.05, 0) is 32.6 Å². The van der Waals surface area contributed by atoms with Crippen LogP contribution >= 0.6 is 0 Å². The number of benzene rings is 1. The molecule has 0 saturated heterocycles. The SMILES string of the molecule is CN(C)CC[C@@H](NC(=O)c1cn[nH]c1)c1ccccc1. The molecule has 0 aliphatic heterocycles. The molecule has 2 N–H and O–H groups in total. The number of hydrogen-bond acceptors (Lipinski definition) is 3. The Bertz CT molecular complexity index is 522. The molecule has 0 aliphatic carbocycles. The van der Waals surface area contributed by atoms with Crippen molar-refractivity contribution in [2.45, 2.75) is 12.5 Å². The van der Waals surface area contributed by atoms with E-state index in [-0.39, 0.29) is 11.9 Å². The van der Waals surface area contributed by atoms with E-state index in [1.54, 1.807) is 6.20 Å². The zero-order valence-corrected chi connectivity index (χ0v) is 11.8. The number of H-pyrrole nitrogens is 1. The summed E-state index contributed by atoms with van der Waals surface area (Å²) >= 11 is 0. The highest BCUT2D eigenvalue weighted by atomic mass is 16.1. The maximum atomic E-state index is 12.1. The summed E-state index contributed by atoms with van der Waals surface area (Å²) in [5.41, 5.74) is 1.67. The molecular formula is C15H20N4O. The Morgan fingerprint density at radius 1 is 1.35 bits per heavy atom. The predicted molar refractivity (Wildman–Crippen MR) is 78.4 cm³/mol. The first-order valence-electron chi connectivity index (χ1n) is 6.66. The Labute approximate surface area is 119 Å². The molecule has 5 nitrogen and oxygen atoms in total. The lowest BCUT2D eigenvalue weighted by molar-refractivity contribution is 0.0933. The van der Waals surface area contributed by atoms with Crippen LogP contribution in [-0.2, 0) is 0 Å². The van der Waals surface area contributed by atoms with Crippen molar-refractivity contribution in [2.24, 2.45) is 0 Å². The van der Waals surface area contributed by atoms with Crippen LogP contribution in [0.5, 0.6) is 0 Å². The molecule has 2 rings (SSSR count). The van der Waals surface area contributed by atoms with Gasteiger partial charge in [0.05, 0.1) is 17.8 Å². The monoisotopic (exact) mass is 272 g/mol. The van der Waals surface area contributed by atoms with Crippen LogP contribution in [-0.4, -0.2) is 41.6 Å². The largest absolute Gasteiger partial charge is 0.345 e. The third-order valence-electron chi connectivity index (χ3n) is 3.13. The van der Waals surface area contributed by atoms with E-state index >= 15 is 0 Å². The highest BCUT2D eigenvalue weighted by Gasteiger charge is 2.16. The first kappa shape index (κ1) is 14.3. The van der Waals surface area contributed by atoms with Gasteiger partial charge in [0.25, 0.3) is 5.91 Å². The van der Waals surface area contributed by atoms with Crippen molar-refractivity contribution in [3.63, 3.8) is 0 Å². The first-order valence-corrected chi connectivity index (χ1v) is 6.66. The molecule has 0 spiro atoms. The van der Waals surface area contributed by atoms with Gasteiger partial charge >= 0.3 is 0 Å². The van der Waals surface area contributed by atoms with E-state index in [2.05, 4.69) is 20.4 Å². The van der Waals surface area contributed by atoms with Crippen molar-refractivity contribution >= 4 is 5.91 Å². The maximum Gasteiger partial charge on any atom is 0.254 e. The van der Waals surface area contributed by atoms with Gasteiger partial charge in [0, 0.05) is 6.20 Å². The lowest BCUT2D eigenvalue weighted by atomic mass is 10.0. The number of carbonyl (C=O) groups is 1. The third-order valence-corrected chi connectivity index (χ3v) is 3.13. The van der Waals surface area contributed by atoms with Crippen molar-refractivity contribution in [2.75, 3.05) is 20.6 Å². The summed E-state index contributed by atoms with van der Waals surface area (Å²) in [5, 5.41) is 9.52. The molecule has 1 aromatic heterocycles. The average molecular weight is 272 g/mol. The van der Waals surface area contributed by atoms with E-state index < -0.39 is 0 Å². The normalized spacial score (nSPS) is 12.3. The van der Waals surface area contributed by atoms with Crippen molar-refractivity contribution in [3.05, 3.63) is 53.9 Å². The van der Waals surface area contributed by atoms with E-state index in [4.69, 9.17) is 0 Å². The van der Waals surface area contributed by atoms with Gasteiger partial charge < -0.3 is 10.2 Å². The number of amides is 1. The second-order valence-electron chi connectivity index (χ2n) is 5.02. The third kappa shape index (κ3) is 3.93. The molecule has 0 aliphatic rings. The summed E-state index contributed by atoms with van der Waals surface area (Å²) < 4.78 is 0. The van der Waals surface area contributed by atoms with Crippen LogP contribution < -0.4 is 5.32 Å². The summed E-state index contributed by atoms with van der Waals surface area (Å²) in [6, 6.07) is 10.0. The van der Waals surface area contributed by atoms with Crippen LogP contribution in [0.1, 0.15) is 28.4 Å². The minimum Gasteiger partial charge on any atom is -0.345 e. The summed E-state index contributed by atoms with van der Waals surface area (Å²) in [6.45, 7) is 0.908. The van der Waals surface area contributed by atoms with Crippen LogP contribution in [0, 0.1) is 0 Å². The standard InChI is InChI=1S/C15H20N4O/c1-19(2)9-8-14(12-6-4-3-5-7-12)18-15(20)13-10-16-17-11-13/h3-7,10-11,14H,8-9H2,1-2H3,(H,16,17)(H,18,20)/t14-/m1/s1. The summed E-state index contributed by atoms with van der Waals surface area (Å²) in [4.78, 5) is 14.3. The van der Waals surface area contributed by atoms with Gasteiger partial charge in [-0.1, -0.05) is 30.3 Å². The smallest absolute Gasteiger partial charge is 0.254 e. The molecule has 0 unspecified atom stereocenters. The number of aromatic amines is 1. The second-order valence-corrected chi connectivity index (χ2v) is 5.02.